The third-order valence-electron chi connectivity index (χ3n) is 3.71. The van der Waals surface area contributed by atoms with Gasteiger partial charge in [0.1, 0.15) is 5.54 Å². The molecule has 1 aliphatic heterocycles. The molecule has 0 aromatic carbocycles. The van der Waals surface area contributed by atoms with Gasteiger partial charge in [-0.2, -0.15) is 15.2 Å². The summed E-state index contributed by atoms with van der Waals surface area (Å²) in [7, 11) is 3.14. The molecular formula is C14H21N5O2. The zero-order valence-electron chi connectivity index (χ0n) is 13.0. The summed E-state index contributed by atoms with van der Waals surface area (Å²) in [6, 6.07) is 3.99. The third kappa shape index (κ3) is 3.34. The SMILES string of the molecule is COc1cc(OC)nc(N2CCN(C(C)(C)C#N)CC2)n1. The molecule has 2 heterocycles. The van der Waals surface area contributed by atoms with Crippen molar-refractivity contribution in [2.75, 3.05) is 45.3 Å². The molecule has 7 nitrogen and oxygen atoms in total. The predicted molar refractivity (Wildman–Crippen MR) is 78.6 cm³/mol. The van der Waals surface area contributed by atoms with E-state index in [1.54, 1.807) is 20.3 Å². The molecule has 1 aliphatic rings. The summed E-state index contributed by atoms with van der Waals surface area (Å²) in [5, 5.41) is 9.20. The van der Waals surface area contributed by atoms with Crippen LogP contribution in [0.3, 0.4) is 0 Å². The number of anilines is 1. The second kappa shape index (κ2) is 6.14. The number of rotatable bonds is 4. The lowest BCUT2D eigenvalue weighted by atomic mass is 10.0. The van der Waals surface area contributed by atoms with E-state index in [1.165, 1.54) is 0 Å². The maximum Gasteiger partial charge on any atom is 0.232 e. The molecule has 0 spiro atoms. The number of nitriles is 1. The van der Waals surface area contributed by atoms with Crippen LogP contribution in [0.15, 0.2) is 6.07 Å². The van der Waals surface area contributed by atoms with E-state index in [4.69, 9.17) is 9.47 Å². The summed E-state index contributed by atoms with van der Waals surface area (Å²) < 4.78 is 10.3. The Hall–Kier alpha value is -2.07. The van der Waals surface area contributed by atoms with E-state index in [0.29, 0.717) is 17.7 Å². The number of hydrogen-bond donors (Lipinski definition) is 0. The number of hydrogen-bond acceptors (Lipinski definition) is 7. The minimum Gasteiger partial charge on any atom is -0.481 e. The highest BCUT2D eigenvalue weighted by atomic mass is 16.5. The lowest BCUT2D eigenvalue weighted by Gasteiger charge is -2.40. The van der Waals surface area contributed by atoms with Gasteiger partial charge in [-0.3, -0.25) is 4.90 Å². The van der Waals surface area contributed by atoms with E-state index < -0.39 is 5.54 Å². The van der Waals surface area contributed by atoms with Crippen LogP contribution >= 0.6 is 0 Å². The van der Waals surface area contributed by atoms with Gasteiger partial charge >= 0.3 is 0 Å². The van der Waals surface area contributed by atoms with Crippen molar-refractivity contribution in [3.05, 3.63) is 6.07 Å². The third-order valence-corrected chi connectivity index (χ3v) is 3.71. The van der Waals surface area contributed by atoms with E-state index >= 15 is 0 Å². The van der Waals surface area contributed by atoms with Gasteiger partial charge in [-0.05, 0) is 13.8 Å². The molecular weight excluding hydrogens is 270 g/mol. The highest BCUT2D eigenvalue weighted by Gasteiger charge is 2.30. The number of nitrogens with zero attached hydrogens (tertiary/aromatic N) is 5. The fraction of sp³-hybridized carbons (Fsp3) is 0.643. The van der Waals surface area contributed by atoms with E-state index in [-0.39, 0.29) is 0 Å². The van der Waals surface area contributed by atoms with Crippen LogP contribution in [0.5, 0.6) is 11.8 Å². The van der Waals surface area contributed by atoms with Crippen LogP contribution in [0.4, 0.5) is 5.95 Å². The Morgan fingerprint density at radius 2 is 1.62 bits per heavy atom. The maximum absolute atomic E-state index is 9.20. The Bertz CT molecular complexity index is 510. The minimum atomic E-state index is -0.445. The van der Waals surface area contributed by atoms with Crippen LogP contribution in [-0.4, -0.2) is 60.8 Å². The highest BCUT2D eigenvalue weighted by molar-refractivity contribution is 5.37. The van der Waals surface area contributed by atoms with Gasteiger partial charge in [0, 0.05) is 26.2 Å². The van der Waals surface area contributed by atoms with Crippen LogP contribution in [0.1, 0.15) is 13.8 Å². The molecule has 7 heteroatoms. The molecule has 0 amide bonds. The molecule has 0 bridgehead atoms. The van der Waals surface area contributed by atoms with Crippen molar-refractivity contribution in [3.8, 4) is 17.8 Å². The van der Waals surface area contributed by atoms with Crippen molar-refractivity contribution < 1.29 is 9.47 Å². The molecule has 0 saturated carbocycles. The van der Waals surface area contributed by atoms with Crippen LogP contribution in [-0.2, 0) is 0 Å². The van der Waals surface area contributed by atoms with Gasteiger partial charge in [-0.1, -0.05) is 0 Å². The molecule has 114 valence electrons. The average molecular weight is 291 g/mol. The zero-order valence-corrected chi connectivity index (χ0v) is 13.0. The van der Waals surface area contributed by atoms with E-state index in [9.17, 15) is 5.26 Å². The predicted octanol–water partition coefficient (Wildman–Crippen LogP) is 0.918. The van der Waals surface area contributed by atoms with Gasteiger partial charge in [0.15, 0.2) is 0 Å². The fourth-order valence-electron chi connectivity index (χ4n) is 2.28. The van der Waals surface area contributed by atoms with Crippen molar-refractivity contribution in [1.82, 2.24) is 14.9 Å². The topological polar surface area (TPSA) is 74.5 Å². The van der Waals surface area contributed by atoms with Gasteiger partial charge in [0.25, 0.3) is 0 Å². The molecule has 0 aliphatic carbocycles. The summed E-state index contributed by atoms with van der Waals surface area (Å²) in [6.07, 6.45) is 0. The quantitative estimate of drug-likeness (QED) is 0.816. The number of ether oxygens (including phenoxy) is 2. The Balaban J connectivity index is 2.10. The zero-order chi connectivity index (χ0) is 15.5. The van der Waals surface area contributed by atoms with Crippen molar-refractivity contribution in [2.24, 2.45) is 0 Å². The second-order valence-corrected chi connectivity index (χ2v) is 5.40. The van der Waals surface area contributed by atoms with Gasteiger partial charge in [-0.15, -0.1) is 0 Å². The molecule has 1 aromatic rings. The van der Waals surface area contributed by atoms with Gasteiger partial charge < -0.3 is 14.4 Å². The van der Waals surface area contributed by atoms with Crippen molar-refractivity contribution >= 4 is 5.95 Å². The minimum absolute atomic E-state index is 0.445. The average Bonchev–Trinajstić information content (AvgIpc) is 2.54. The Kier molecular flexibility index (Phi) is 4.48. The molecule has 0 atom stereocenters. The first kappa shape index (κ1) is 15.3. The fourth-order valence-corrected chi connectivity index (χ4v) is 2.28. The lowest BCUT2D eigenvalue weighted by Crippen LogP contribution is -2.54. The number of methoxy groups -OCH3 is 2. The van der Waals surface area contributed by atoms with E-state index in [2.05, 4.69) is 25.8 Å². The molecule has 21 heavy (non-hydrogen) atoms. The first-order chi connectivity index (χ1) is 10.00. The summed E-state index contributed by atoms with van der Waals surface area (Å²) in [5.74, 6) is 1.56. The van der Waals surface area contributed by atoms with E-state index in [0.717, 1.165) is 26.2 Å². The Morgan fingerprint density at radius 3 is 2.05 bits per heavy atom. The summed E-state index contributed by atoms with van der Waals surface area (Å²) in [4.78, 5) is 13.0. The molecule has 0 unspecified atom stereocenters. The number of aromatic nitrogens is 2. The Morgan fingerprint density at radius 1 is 1.10 bits per heavy atom. The summed E-state index contributed by atoms with van der Waals surface area (Å²) in [6.45, 7) is 7.00. The smallest absolute Gasteiger partial charge is 0.232 e. The lowest BCUT2D eigenvalue weighted by molar-refractivity contribution is 0.157. The monoisotopic (exact) mass is 291 g/mol. The van der Waals surface area contributed by atoms with E-state index in [1.807, 2.05) is 13.8 Å². The molecule has 1 fully saturated rings. The molecule has 1 saturated heterocycles. The van der Waals surface area contributed by atoms with Gasteiger partial charge in [0.2, 0.25) is 17.7 Å². The van der Waals surface area contributed by atoms with Crippen LogP contribution in [0.25, 0.3) is 0 Å². The summed E-state index contributed by atoms with van der Waals surface area (Å²) >= 11 is 0. The molecule has 2 rings (SSSR count). The molecule has 0 radical (unpaired) electrons. The van der Waals surface area contributed by atoms with Crippen LogP contribution < -0.4 is 14.4 Å². The molecule has 1 aromatic heterocycles. The number of piperazine rings is 1. The van der Waals surface area contributed by atoms with Crippen molar-refractivity contribution in [2.45, 2.75) is 19.4 Å². The largest absolute Gasteiger partial charge is 0.481 e. The van der Waals surface area contributed by atoms with Gasteiger partial charge in [-0.25, -0.2) is 0 Å². The van der Waals surface area contributed by atoms with Crippen molar-refractivity contribution in [1.29, 1.82) is 5.26 Å². The van der Waals surface area contributed by atoms with Crippen molar-refractivity contribution in [3.63, 3.8) is 0 Å². The standard InChI is InChI=1S/C14H21N5O2/c1-14(2,10-15)19-7-5-18(6-8-19)13-16-11(20-3)9-12(17-13)21-4/h9H,5-8H2,1-4H3. The van der Waals surface area contributed by atoms with Crippen LogP contribution in [0, 0.1) is 11.3 Å². The first-order valence-corrected chi connectivity index (χ1v) is 6.88. The van der Waals surface area contributed by atoms with Gasteiger partial charge in [0.05, 0.1) is 26.4 Å². The van der Waals surface area contributed by atoms with Crippen LogP contribution in [0.2, 0.25) is 0 Å². The highest BCUT2D eigenvalue weighted by Crippen LogP contribution is 2.22. The maximum atomic E-state index is 9.20. The summed E-state index contributed by atoms with van der Waals surface area (Å²) in [5.41, 5.74) is -0.445. The molecule has 0 N–H and O–H groups in total. The Labute approximate surface area is 125 Å². The second-order valence-electron chi connectivity index (χ2n) is 5.40. The first-order valence-electron chi connectivity index (χ1n) is 6.88. The normalized spacial score (nSPS) is 16.4.